The Kier molecular flexibility index (Phi) is 6.93. The van der Waals surface area contributed by atoms with E-state index in [1.54, 1.807) is 41.3 Å². The Labute approximate surface area is 157 Å². The summed E-state index contributed by atoms with van der Waals surface area (Å²) in [5.41, 5.74) is 3.22. The molecule has 0 aliphatic heterocycles. The molecule has 2 amide bonds. The summed E-state index contributed by atoms with van der Waals surface area (Å²) < 4.78 is 0. The quantitative estimate of drug-likeness (QED) is 0.396. The van der Waals surface area contributed by atoms with Crippen LogP contribution in [0.3, 0.4) is 0 Å². The molecule has 2 aromatic carbocycles. The SMILES string of the molecule is CCN(CC)C(=O)CC(=O)NN=C(c1ccccc1O)c1ccccc1O. The zero-order valence-electron chi connectivity index (χ0n) is 15.3. The number of carbonyl (C=O) groups excluding carboxylic acids is 2. The van der Waals surface area contributed by atoms with Gasteiger partial charge in [0.25, 0.3) is 0 Å². The minimum atomic E-state index is -0.574. The predicted octanol–water partition coefficient (Wildman–Crippen LogP) is 2.22. The van der Waals surface area contributed by atoms with E-state index in [-0.39, 0.29) is 29.5 Å². The van der Waals surface area contributed by atoms with Crippen LogP contribution in [0.2, 0.25) is 0 Å². The Morgan fingerprint density at radius 3 is 1.85 bits per heavy atom. The van der Waals surface area contributed by atoms with E-state index in [1.807, 2.05) is 13.8 Å². The molecule has 3 N–H and O–H groups in total. The Hall–Kier alpha value is -3.35. The smallest absolute Gasteiger partial charge is 0.249 e. The number of para-hydroxylation sites is 2. The molecule has 0 fully saturated rings. The highest BCUT2D eigenvalue weighted by molar-refractivity contribution is 6.16. The molecule has 7 nitrogen and oxygen atoms in total. The summed E-state index contributed by atoms with van der Waals surface area (Å²) in [5.74, 6) is -0.962. The lowest BCUT2D eigenvalue weighted by Gasteiger charge is -2.17. The number of benzene rings is 2. The van der Waals surface area contributed by atoms with Crippen molar-refractivity contribution in [1.82, 2.24) is 10.3 Å². The molecule has 0 bridgehead atoms. The van der Waals surface area contributed by atoms with Crippen LogP contribution in [0.15, 0.2) is 53.6 Å². The number of carbonyl (C=O) groups is 2. The molecule has 0 unspecified atom stereocenters. The van der Waals surface area contributed by atoms with E-state index in [9.17, 15) is 19.8 Å². The molecule has 0 aliphatic rings. The van der Waals surface area contributed by atoms with Gasteiger partial charge in [0, 0.05) is 24.2 Å². The van der Waals surface area contributed by atoms with Crippen molar-refractivity contribution >= 4 is 17.5 Å². The highest BCUT2D eigenvalue weighted by Gasteiger charge is 2.17. The van der Waals surface area contributed by atoms with Crippen LogP contribution in [0.1, 0.15) is 31.4 Å². The van der Waals surface area contributed by atoms with Gasteiger partial charge in [0.05, 0.1) is 0 Å². The standard InChI is InChI=1S/C20H23N3O4/c1-3-23(4-2)19(27)13-18(26)21-22-20(14-9-5-7-11-16(14)24)15-10-6-8-12-17(15)25/h5-12,24-25H,3-4,13H2,1-2H3,(H,21,26). The Morgan fingerprint density at radius 2 is 1.41 bits per heavy atom. The third-order valence-corrected chi connectivity index (χ3v) is 4.04. The molecule has 27 heavy (non-hydrogen) atoms. The Morgan fingerprint density at radius 1 is 0.926 bits per heavy atom. The fourth-order valence-corrected chi connectivity index (χ4v) is 2.60. The van der Waals surface area contributed by atoms with Crippen molar-refractivity contribution in [2.45, 2.75) is 20.3 Å². The molecular weight excluding hydrogens is 346 g/mol. The molecule has 2 rings (SSSR count). The lowest BCUT2D eigenvalue weighted by Crippen LogP contribution is -2.34. The number of hydrazone groups is 1. The molecule has 0 spiro atoms. The minimum absolute atomic E-state index is 0.0482. The summed E-state index contributed by atoms with van der Waals surface area (Å²) in [5, 5.41) is 24.4. The summed E-state index contributed by atoms with van der Waals surface area (Å²) in [4.78, 5) is 25.7. The number of hydrogen-bond acceptors (Lipinski definition) is 5. The molecule has 0 saturated heterocycles. The molecule has 2 aromatic rings. The van der Waals surface area contributed by atoms with Gasteiger partial charge in [-0.1, -0.05) is 24.3 Å². The van der Waals surface area contributed by atoms with Gasteiger partial charge < -0.3 is 15.1 Å². The second-order valence-electron chi connectivity index (χ2n) is 5.77. The minimum Gasteiger partial charge on any atom is -0.507 e. The number of rotatable bonds is 7. The van der Waals surface area contributed by atoms with Gasteiger partial charge in [0.2, 0.25) is 11.8 Å². The van der Waals surface area contributed by atoms with Gasteiger partial charge in [0.1, 0.15) is 23.6 Å². The average Bonchev–Trinajstić information content (AvgIpc) is 2.65. The van der Waals surface area contributed by atoms with Gasteiger partial charge in [0.15, 0.2) is 0 Å². The molecule has 0 saturated carbocycles. The second kappa shape index (κ2) is 9.38. The molecule has 142 valence electrons. The maximum atomic E-state index is 12.1. The molecule has 0 aliphatic carbocycles. The van der Waals surface area contributed by atoms with Crippen LogP contribution in [0, 0.1) is 0 Å². The first-order valence-electron chi connectivity index (χ1n) is 8.68. The maximum absolute atomic E-state index is 12.1. The predicted molar refractivity (Wildman–Crippen MR) is 103 cm³/mol. The third kappa shape index (κ3) is 5.07. The van der Waals surface area contributed by atoms with Crippen molar-refractivity contribution in [2.24, 2.45) is 5.10 Å². The largest absolute Gasteiger partial charge is 0.507 e. The Bertz CT molecular complexity index is 797. The van der Waals surface area contributed by atoms with E-state index in [4.69, 9.17) is 0 Å². The van der Waals surface area contributed by atoms with Crippen molar-refractivity contribution in [1.29, 1.82) is 0 Å². The van der Waals surface area contributed by atoms with Crippen LogP contribution >= 0.6 is 0 Å². The normalized spacial score (nSPS) is 10.1. The maximum Gasteiger partial charge on any atom is 0.249 e. The van der Waals surface area contributed by atoms with E-state index in [0.29, 0.717) is 24.2 Å². The lowest BCUT2D eigenvalue weighted by molar-refractivity contribution is -0.135. The number of aromatic hydroxyl groups is 2. The van der Waals surface area contributed by atoms with Crippen LogP contribution < -0.4 is 5.43 Å². The Balaban J connectivity index is 2.29. The van der Waals surface area contributed by atoms with Crippen LogP contribution in [-0.4, -0.2) is 45.7 Å². The zero-order chi connectivity index (χ0) is 19.8. The van der Waals surface area contributed by atoms with Crippen LogP contribution in [-0.2, 0) is 9.59 Å². The topological polar surface area (TPSA) is 102 Å². The second-order valence-corrected chi connectivity index (χ2v) is 5.77. The molecule has 0 atom stereocenters. The number of amides is 2. The molecule has 0 heterocycles. The van der Waals surface area contributed by atoms with Crippen LogP contribution in [0.4, 0.5) is 0 Å². The van der Waals surface area contributed by atoms with Crippen LogP contribution in [0.5, 0.6) is 11.5 Å². The molecule has 0 aromatic heterocycles. The fraction of sp³-hybridized carbons (Fsp3) is 0.250. The molecule has 7 heteroatoms. The first kappa shape index (κ1) is 20.0. The van der Waals surface area contributed by atoms with Gasteiger partial charge in [-0.2, -0.15) is 5.10 Å². The van der Waals surface area contributed by atoms with E-state index in [1.165, 1.54) is 12.1 Å². The lowest BCUT2D eigenvalue weighted by atomic mass is 10.0. The van der Waals surface area contributed by atoms with Crippen LogP contribution in [0.25, 0.3) is 0 Å². The third-order valence-electron chi connectivity index (χ3n) is 4.04. The van der Waals surface area contributed by atoms with Crippen molar-refractivity contribution in [3.63, 3.8) is 0 Å². The average molecular weight is 369 g/mol. The van der Waals surface area contributed by atoms with E-state index in [2.05, 4.69) is 10.5 Å². The van der Waals surface area contributed by atoms with Crippen molar-refractivity contribution in [3.05, 3.63) is 59.7 Å². The zero-order valence-corrected chi connectivity index (χ0v) is 15.3. The van der Waals surface area contributed by atoms with Gasteiger partial charge in [-0.3, -0.25) is 9.59 Å². The summed E-state index contributed by atoms with van der Waals surface area (Å²) in [7, 11) is 0. The first-order valence-corrected chi connectivity index (χ1v) is 8.68. The number of nitrogens with zero attached hydrogens (tertiary/aromatic N) is 2. The van der Waals surface area contributed by atoms with Gasteiger partial charge in [-0.25, -0.2) is 5.43 Å². The first-order chi connectivity index (χ1) is 13.0. The summed E-state index contributed by atoms with van der Waals surface area (Å²) in [6.07, 6.45) is -0.333. The molecular formula is C20H23N3O4. The monoisotopic (exact) mass is 369 g/mol. The van der Waals surface area contributed by atoms with Crippen molar-refractivity contribution in [3.8, 4) is 11.5 Å². The van der Waals surface area contributed by atoms with Gasteiger partial charge in [-0.05, 0) is 38.1 Å². The number of phenolic OH excluding ortho intramolecular Hbond substituents is 2. The van der Waals surface area contributed by atoms with Gasteiger partial charge in [-0.15, -0.1) is 0 Å². The number of hydrogen-bond donors (Lipinski definition) is 3. The molecule has 0 radical (unpaired) electrons. The summed E-state index contributed by atoms with van der Waals surface area (Å²) in [6, 6.07) is 12.9. The summed E-state index contributed by atoms with van der Waals surface area (Å²) in [6.45, 7) is 4.72. The van der Waals surface area contributed by atoms with Crippen molar-refractivity contribution < 1.29 is 19.8 Å². The van der Waals surface area contributed by atoms with Gasteiger partial charge >= 0.3 is 0 Å². The van der Waals surface area contributed by atoms with Crippen molar-refractivity contribution in [2.75, 3.05) is 13.1 Å². The number of nitrogens with one attached hydrogen (secondary N) is 1. The number of phenols is 2. The van der Waals surface area contributed by atoms with E-state index in [0.717, 1.165) is 0 Å². The van der Waals surface area contributed by atoms with E-state index < -0.39 is 5.91 Å². The highest BCUT2D eigenvalue weighted by Crippen LogP contribution is 2.25. The fourth-order valence-electron chi connectivity index (χ4n) is 2.60. The van der Waals surface area contributed by atoms with E-state index >= 15 is 0 Å². The summed E-state index contributed by atoms with van der Waals surface area (Å²) >= 11 is 0. The highest BCUT2D eigenvalue weighted by atomic mass is 16.3.